The Bertz CT molecular complexity index is 690. The Balaban J connectivity index is 2.43. The highest BCUT2D eigenvalue weighted by atomic mass is 16.3. The van der Waals surface area contributed by atoms with Crippen molar-refractivity contribution in [2.45, 2.75) is 20.3 Å². The number of benzene rings is 1. The van der Waals surface area contributed by atoms with Gasteiger partial charge in [-0.2, -0.15) is 0 Å². The molecule has 0 aliphatic carbocycles. The molecule has 0 bridgehead atoms. The highest BCUT2D eigenvalue weighted by molar-refractivity contribution is 6.06. The number of hydrogen-bond acceptors (Lipinski definition) is 3. The Morgan fingerprint density at radius 1 is 1.30 bits per heavy atom. The quantitative estimate of drug-likeness (QED) is 0.801. The third-order valence-corrected chi connectivity index (χ3v) is 3.12. The van der Waals surface area contributed by atoms with Crippen molar-refractivity contribution in [3.8, 4) is 5.75 Å². The zero-order valence-corrected chi connectivity index (χ0v) is 11.4. The molecule has 0 fully saturated rings. The number of rotatable bonds is 3. The van der Waals surface area contributed by atoms with Crippen LogP contribution in [0, 0.1) is 6.92 Å². The minimum absolute atomic E-state index is 0.248. The number of carbonyl (C=O) groups excluding carboxylic acids is 1. The summed E-state index contributed by atoms with van der Waals surface area (Å²) in [5.41, 5.74) is 0.867. The fourth-order valence-electron chi connectivity index (χ4n) is 2.10. The van der Waals surface area contributed by atoms with E-state index in [1.807, 2.05) is 13.0 Å². The van der Waals surface area contributed by atoms with Gasteiger partial charge in [0.05, 0.1) is 0 Å². The van der Waals surface area contributed by atoms with Gasteiger partial charge in [-0.25, -0.2) is 0 Å². The van der Waals surface area contributed by atoms with Crippen molar-refractivity contribution in [1.29, 1.82) is 0 Å². The smallest absolute Gasteiger partial charge is 0.265 e. The van der Waals surface area contributed by atoms with Crippen molar-refractivity contribution in [3.63, 3.8) is 0 Å². The summed E-state index contributed by atoms with van der Waals surface area (Å²) in [6.07, 6.45) is 0.528. The molecule has 0 aliphatic heterocycles. The predicted molar refractivity (Wildman–Crippen MR) is 77.2 cm³/mol. The fraction of sp³-hybridized carbons (Fsp3) is 0.200. The number of aromatic hydroxyl groups is 1. The zero-order chi connectivity index (χ0) is 14.7. The van der Waals surface area contributed by atoms with Crippen LogP contribution in [0.4, 0.5) is 5.69 Å². The molecule has 1 aromatic carbocycles. The summed E-state index contributed by atoms with van der Waals surface area (Å²) in [5, 5.41) is 12.7. The van der Waals surface area contributed by atoms with Crippen molar-refractivity contribution in [1.82, 2.24) is 4.98 Å². The second-order valence-corrected chi connectivity index (χ2v) is 4.45. The molecule has 0 unspecified atom stereocenters. The molecule has 0 aliphatic rings. The van der Waals surface area contributed by atoms with E-state index in [0.29, 0.717) is 23.4 Å². The number of para-hydroxylation sites is 1. The van der Waals surface area contributed by atoms with Gasteiger partial charge in [0.2, 0.25) is 0 Å². The highest BCUT2D eigenvalue weighted by Crippen LogP contribution is 2.23. The van der Waals surface area contributed by atoms with Crippen molar-refractivity contribution in [2.75, 3.05) is 5.32 Å². The lowest BCUT2D eigenvalue weighted by atomic mass is 10.1. The van der Waals surface area contributed by atoms with E-state index in [-0.39, 0.29) is 11.3 Å². The molecule has 104 valence electrons. The zero-order valence-electron chi connectivity index (χ0n) is 11.4. The second kappa shape index (κ2) is 5.61. The fourth-order valence-corrected chi connectivity index (χ4v) is 2.10. The summed E-state index contributed by atoms with van der Waals surface area (Å²) in [7, 11) is 0. The molecule has 0 atom stereocenters. The van der Waals surface area contributed by atoms with E-state index in [4.69, 9.17) is 0 Å². The van der Waals surface area contributed by atoms with Crippen LogP contribution in [-0.4, -0.2) is 16.0 Å². The molecule has 20 heavy (non-hydrogen) atoms. The lowest BCUT2D eigenvalue weighted by Crippen LogP contribution is -2.25. The second-order valence-electron chi connectivity index (χ2n) is 4.45. The summed E-state index contributed by atoms with van der Waals surface area (Å²) >= 11 is 0. The first kappa shape index (κ1) is 13.9. The average molecular weight is 272 g/mol. The van der Waals surface area contributed by atoms with E-state index in [2.05, 4.69) is 10.3 Å². The van der Waals surface area contributed by atoms with Crippen LogP contribution in [0.25, 0.3) is 0 Å². The molecular formula is C15H16N2O3. The Kier molecular flexibility index (Phi) is 3.89. The van der Waals surface area contributed by atoms with Crippen LogP contribution in [0.2, 0.25) is 0 Å². The summed E-state index contributed by atoms with van der Waals surface area (Å²) in [6, 6.07) is 8.77. The van der Waals surface area contributed by atoms with Crippen LogP contribution in [0.5, 0.6) is 5.75 Å². The minimum Gasteiger partial charge on any atom is -0.507 e. The van der Waals surface area contributed by atoms with Crippen molar-refractivity contribution in [2.24, 2.45) is 0 Å². The summed E-state index contributed by atoms with van der Waals surface area (Å²) in [6.45, 7) is 3.54. The van der Waals surface area contributed by atoms with E-state index < -0.39 is 11.5 Å². The standard InChI is InChI=1S/C15H16N2O3/c1-3-11-9(2)16-14(19)12(13(11)18)15(20)17-10-7-5-4-6-8-10/h4-8H,3H2,1-2H3,(H,17,20)(H2,16,18,19). The maximum absolute atomic E-state index is 12.1. The third kappa shape index (κ3) is 2.56. The van der Waals surface area contributed by atoms with Crippen LogP contribution in [0.1, 0.15) is 28.5 Å². The molecule has 0 saturated heterocycles. The highest BCUT2D eigenvalue weighted by Gasteiger charge is 2.20. The first-order chi connectivity index (χ1) is 9.54. The van der Waals surface area contributed by atoms with Crippen molar-refractivity contribution < 1.29 is 9.90 Å². The van der Waals surface area contributed by atoms with Gasteiger partial charge in [-0.1, -0.05) is 25.1 Å². The molecule has 2 rings (SSSR count). The Morgan fingerprint density at radius 2 is 1.95 bits per heavy atom. The predicted octanol–water partition coefficient (Wildman–Crippen LogP) is 2.20. The van der Waals surface area contributed by atoms with Gasteiger partial charge in [-0.3, -0.25) is 9.59 Å². The van der Waals surface area contributed by atoms with Gasteiger partial charge in [0.1, 0.15) is 11.3 Å². The monoisotopic (exact) mass is 272 g/mol. The summed E-state index contributed by atoms with van der Waals surface area (Å²) in [5.74, 6) is -0.869. The van der Waals surface area contributed by atoms with Gasteiger partial charge < -0.3 is 15.4 Å². The Labute approximate surface area is 116 Å². The Hall–Kier alpha value is -2.56. The number of aryl methyl sites for hydroxylation is 1. The topological polar surface area (TPSA) is 82.2 Å². The van der Waals surface area contributed by atoms with Crippen molar-refractivity contribution in [3.05, 3.63) is 57.5 Å². The summed E-state index contributed by atoms with van der Waals surface area (Å²) < 4.78 is 0. The van der Waals surface area contributed by atoms with E-state index in [1.165, 1.54) is 0 Å². The van der Waals surface area contributed by atoms with Gasteiger partial charge in [0.25, 0.3) is 11.5 Å². The molecule has 2 aromatic rings. The maximum atomic E-state index is 12.1. The molecule has 5 heteroatoms. The molecule has 1 amide bonds. The van der Waals surface area contributed by atoms with Gasteiger partial charge in [-0.15, -0.1) is 0 Å². The van der Waals surface area contributed by atoms with Crippen LogP contribution in [0.3, 0.4) is 0 Å². The number of nitrogens with one attached hydrogen (secondary N) is 2. The van der Waals surface area contributed by atoms with Crippen LogP contribution in [-0.2, 0) is 6.42 Å². The third-order valence-electron chi connectivity index (χ3n) is 3.12. The number of aromatic nitrogens is 1. The van der Waals surface area contributed by atoms with E-state index >= 15 is 0 Å². The van der Waals surface area contributed by atoms with Crippen LogP contribution < -0.4 is 10.9 Å². The lowest BCUT2D eigenvalue weighted by molar-refractivity contribution is 0.102. The number of pyridine rings is 1. The van der Waals surface area contributed by atoms with E-state index in [9.17, 15) is 14.7 Å². The van der Waals surface area contributed by atoms with E-state index in [1.54, 1.807) is 31.2 Å². The molecule has 0 saturated carbocycles. The molecule has 5 nitrogen and oxygen atoms in total. The molecule has 0 radical (unpaired) electrons. The first-order valence-electron chi connectivity index (χ1n) is 6.35. The molecule has 1 aromatic heterocycles. The van der Waals surface area contributed by atoms with Crippen molar-refractivity contribution >= 4 is 11.6 Å². The summed E-state index contributed by atoms with van der Waals surface area (Å²) in [4.78, 5) is 26.6. The van der Waals surface area contributed by atoms with Gasteiger partial charge >= 0.3 is 0 Å². The number of amides is 1. The molecule has 0 spiro atoms. The first-order valence-corrected chi connectivity index (χ1v) is 6.35. The SMILES string of the molecule is CCc1c(C)[nH]c(=O)c(C(=O)Nc2ccccc2)c1O. The number of aromatic amines is 1. The van der Waals surface area contributed by atoms with Crippen LogP contribution in [0.15, 0.2) is 35.1 Å². The number of carbonyl (C=O) groups is 1. The molecular weight excluding hydrogens is 256 g/mol. The normalized spacial score (nSPS) is 10.3. The minimum atomic E-state index is -0.621. The molecule has 1 heterocycles. The average Bonchev–Trinajstić information content (AvgIpc) is 2.39. The van der Waals surface area contributed by atoms with Gasteiger partial charge in [-0.05, 0) is 25.5 Å². The number of anilines is 1. The van der Waals surface area contributed by atoms with E-state index in [0.717, 1.165) is 0 Å². The van der Waals surface area contributed by atoms with Gasteiger partial charge in [0, 0.05) is 16.9 Å². The lowest BCUT2D eigenvalue weighted by Gasteiger charge is -2.11. The number of hydrogen-bond donors (Lipinski definition) is 3. The largest absolute Gasteiger partial charge is 0.507 e. The molecule has 3 N–H and O–H groups in total. The maximum Gasteiger partial charge on any atom is 0.265 e. The van der Waals surface area contributed by atoms with Crippen LogP contribution >= 0.6 is 0 Å². The van der Waals surface area contributed by atoms with Gasteiger partial charge in [0.15, 0.2) is 0 Å². The Morgan fingerprint density at radius 3 is 2.55 bits per heavy atom. The number of H-pyrrole nitrogens is 1.